The number of hydrogen-bond acceptors (Lipinski definition) is 5. The van der Waals surface area contributed by atoms with Crippen molar-refractivity contribution in [2.75, 3.05) is 18.0 Å². The molecule has 1 aliphatic heterocycles. The van der Waals surface area contributed by atoms with Crippen LogP contribution >= 0.6 is 0 Å². The van der Waals surface area contributed by atoms with Crippen molar-refractivity contribution in [2.24, 2.45) is 5.73 Å². The molecule has 1 saturated heterocycles. The van der Waals surface area contributed by atoms with E-state index in [4.69, 9.17) is 5.73 Å². The Morgan fingerprint density at radius 1 is 1.24 bits per heavy atom. The van der Waals surface area contributed by atoms with Gasteiger partial charge in [-0.2, -0.15) is 0 Å². The van der Waals surface area contributed by atoms with E-state index in [1.807, 2.05) is 0 Å². The van der Waals surface area contributed by atoms with E-state index in [0.29, 0.717) is 19.5 Å². The number of carbonyl (C=O) groups is 1. The van der Waals surface area contributed by atoms with Crippen molar-refractivity contribution in [3.8, 4) is 5.69 Å². The number of benzene rings is 1. The van der Waals surface area contributed by atoms with Gasteiger partial charge in [-0.25, -0.2) is 22.9 Å². The summed E-state index contributed by atoms with van der Waals surface area (Å²) in [4.78, 5) is 29.8. The van der Waals surface area contributed by atoms with Crippen molar-refractivity contribution in [2.45, 2.75) is 12.5 Å². The number of fused-ring (bicyclic) bond motifs is 1. The third kappa shape index (κ3) is 3.11. The number of anilines is 1. The Bertz CT molecular complexity index is 1210. The summed E-state index contributed by atoms with van der Waals surface area (Å²) < 4.78 is 43.9. The normalized spacial score (nSPS) is 16.6. The van der Waals surface area contributed by atoms with Gasteiger partial charge in [-0.1, -0.05) is 6.07 Å². The number of aromatic nitrogens is 2. The molecule has 150 valence electrons. The molecule has 2 aromatic heterocycles. The molecule has 3 aromatic rings. The largest absolute Gasteiger partial charge is 0.477 e. The van der Waals surface area contributed by atoms with Gasteiger partial charge in [-0.05, 0) is 24.6 Å². The Morgan fingerprint density at radius 2 is 2.00 bits per heavy atom. The minimum Gasteiger partial charge on any atom is -0.477 e. The second kappa shape index (κ2) is 6.89. The van der Waals surface area contributed by atoms with Crippen LogP contribution in [0.3, 0.4) is 0 Å². The zero-order valence-corrected chi connectivity index (χ0v) is 14.9. The SMILES string of the molecule is NC1CCN(c2nc3c(cc2F)c(=O)c(C(=O)O)cn3-c2cccc(F)c2F)C1. The van der Waals surface area contributed by atoms with E-state index in [2.05, 4.69) is 4.98 Å². The molecule has 7 nitrogen and oxygen atoms in total. The fourth-order valence-electron chi connectivity index (χ4n) is 3.43. The first-order valence-electron chi connectivity index (χ1n) is 8.72. The molecule has 1 atom stereocenters. The van der Waals surface area contributed by atoms with Gasteiger partial charge in [0.15, 0.2) is 28.9 Å². The van der Waals surface area contributed by atoms with Crippen LogP contribution in [0.15, 0.2) is 35.3 Å². The maximum absolute atomic E-state index is 14.7. The van der Waals surface area contributed by atoms with Crippen LogP contribution in [0, 0.1) is 17.5 Å². The number of rotatable bonds is 3. The zero-order valence-electron chi connectivity index (χ0n) is 14.9. The van der Waals surface area contributed by atoms with Crippen LogP contribution in [-0.4, -0.2) is 39.8 Å². The maximum atomic E-state index is 14.7. The Balaban J connectivity index is 2.07. The molecule has 0 spiro atoms. The highest BCUT2D eigenvalue weighted by Gasteiger charge is 2.26. The molecular formula is C19H15F3N4O3. The predicted octanol–water partition coefficient (Wildman–Crippen LogP) is 2.04. The van der Waals surface area contributed by atoms with Gasteiger partial charge in [0.1, 0.15) is 5.56 Å². The molecule has 1 fully saturated rings. The summed E-state index contributed by atoms with van der Waals surface area (Å²) in [6, 6.07) is 4.01. The predicted molar refractivity (Wildman–Crippen MR) is 99.0 cm³/mol. The fourth-order valence-corrected chi connectivity index (χ4v) is 3.43. The van der Waals surface area contributed by atoms with E-state index >= 15 is 0 Å². The number of carboxylic acid groups (broad SMARTS) is 1. The van der Waals surface area contributed by atoms with Crippen molar-refractivity contribution < 1.29 is 23.1 Å². The lowest BCUT2D eigenvalue weighted by Crippen LogP contribution is -2.28. The molecule has 29 heavy (non-hydrogen) atoms. The molecule has 1 unspecified atom stereocenters. The standard InChI is InChI=1S/C19H15F3N4O3/c20-12-2-1-3-14(15(12)22)26-8-11(19(28)29)16(27)10-6-13(21)18(24-17(10)26)25-5-4-9(23)7-25/h1-3,6,8-9H,4-5,7,23H2,(H,28,29). The zero-order chi connectivity index (χ0) is 20.9. The molecule has 1 aromatic carbocycles. The first kappa shape index (κ1) is 18.9. The summed E-state index contributed by atoms with van der Waals surface area (Å²) in [6.07, 6.45) is 1.47. The first-order chi connectivity index (χ1) is 13.8. The van der Waals surface area contributed by atoms with Crippen molar-refractivity contribution >= 4 is 22.8 Å². The summed E-state index contributed by atoms with van der Waals surface area (Å²) in [7, 11) is 0. The number of nitrogens with two attached hydrogens (primary N) is 1. The van der Waals surface area contributed by atoms with Crippen LogP contribution in [0.4, 0.5) is 19.0 Å². The Hall–Kier alpha value is -3.40. The van der Waals surface area contributed by atoms with Crippen LogP contribution in [0.2, 0.25) is 0 Å². The van der Waals surface area contributed by atoms with E-state index in [1.165, 1.54) is 12.1 Å². The van der Waals surface area contributed by atoms with E-state index in [1.54, 1.807) is 4.90 Å². The molecule has 0 saturated carbocycles. The van der Waals surface area contributed by atoms with Gasteiger partial charge in [-0.15, -0.1) is 0 Å². The van der Waals surface area contributed by atoms with E-state index in [9.17, 15) is 27.9 Å². The monoisotopic (exact) mass is 404 g/mol. The van der Waals surface area contributed by atoms with Gasteiger partial charge in [0.05, 0.1) is 11.1 Å². The number of pyridine rings is 2. The molecule has 0 aliphatic carbocycles. The molecule has 0 amide bonds. The number of carboxylic acids is 1. The van der Waals surface area contributed by atoms with Gasteiger partial charge < -0.3 is 15.7 Å². The smallest absolute Gasteiger partial charge is 0.341 e. The van der Waals surface area contributed by atoms with Gasteiger partial charge in [-0.3, -0.25) is 9.36 Å². The Morgan fingerprint density at radius 3 is 2.66 bits per heavy atom. The number of aromatic carboxylic acids is 1. The molecule has 10 heteroatoms. The minimum atomic E-state index is -1.59. The van der Waals surface area contributed by atoms with Crippen LogP contribution in [0.5, 0.6) is 0 Å². The van der Waals surface area contributed by atoms with Crippen molar-refractivity contribution in [1.82, 2.24) is 9.55 Å². The van der Waals surface area contributed by atoms with E-state index in [-0.39, 0.29) is 28.6 Å². The van der Waals surface area contributed by atoms with Crippen LogP contribution in [0.1, 0.15) is 16.8 Å². The Kier molecular flexibility index (Phi) is 4.50. The molecular weight excluding hydrogens is 389 g/mol. The summed E-state index contributed by atoms with van der Waals surface area (Å²) in [5, 5.41) is 8.97. The van der Waals surface area contributed by atoms with E-state index < -0.39 is 34.4 Å². The molecule has 4 rings (SSSR count). The third-order valence-corrected chi connectivity index (χ3v) is 4.86. The second-order valence-corrected chi connectivity index (χ2v) is 6.78. The summed E-state index contributed by atoms with van der Waals surface area (Å²) in [5.74, 6) is -4.95. The summed E-state index contributed by atoms with van der Waals surface area (Å²) in [6.45, 7) is 0.767. The minimum absolute atomic E-state index is 0.0986. The highest BCUT2D eigenvalue weighted by Crippen LogP contribution is 2.27. The van der Waals surface area contributed by atoms with Gasteiger partial charge >= 0.3 is 5.97 Å². The van der Waals surface area contributed by atoms with Crippen molar-refractivity contribution in [3.05, 3.63) is 63.7 Å². The lowest BCUT2D eigenvalue weighted by Gasteiger charge is -2.20. The second-order valence-electron chi connectivity index (χ2n) is 6.78. The lowest BCUT2D eigenvalue weighted by molar-refractivity contribution is 0.0695. The van der Waals surface area contributed by atoms with E-state index in [0.717, 1.165) is 22.9 Å². The number of hydrogen-bond donors (Lipinski definition) is 2. The van der Waals surface area contributed by atoms with Crippen LogP contribution < -0.4 is 16.1 Å². The number of halogens is 3. The third-order valence-electron chi connectivity index (χ3n) is 4.86. The van der Waals surface area contributed by atoms with Crippen LogP contribution in [0.25, 0.3) is 16.7 Å². The maximum Gasteiger partial charge on any atom is 0.341 e. The molecule has 3 N–H and O–H groups in total. The average molecular weight is 404 g/mol. The molecule has 3 heterocycles. The van der Waals surface area contributed by atoms with Gasteiger partial charge in [0.2, 0.25) is 5.43 Å². The molecule has 0 radical (unpaired) electrons. The topological polar surface area (TPSA) is 101 Å². The first-order valence-corrected chi connectivity index (χ1v) is 8.72. The molecule has 0 bridgehead atoms. The fraction of sp³-hybridized carbons (Fsp3) is 0.211. The molecule has 1 aliphatic rings. The summed E-state index contributed by atoms with van der Waals surface area (Å²) >= 11 is 0. The average Bonchev–Trinajstić information content (AvgIpc) is 3.10. The highest BCUT2D eigenvalue weighted by atomic mass is 19.2. The number of nitrogens with zero attached hydrogens (tertiary/aromatic N) is 3. The van der Waals surface area contributed by atoms with Crippen molar-refractivity contribution in [1.29, 1.82) is 0 Å². The summed E-state index contributed by atoms with van der Waals surface area (Å²) in [5.41, 5.74) is 3.60. The Labute approximate surface area is 161 Å². The quantitative estimate of drug-likeness (QED) is 0.693. The van der Waals surface area contributed by atoms with Crippen LogP contribution in [-0.2, 0) is 0 Å². The van der Waals surface area contributed by atoms with Gasteiger partial charge in [0, 0.05) is 25.3 Å². The van der Waals surface area contributed by atoms with Crippen molar-refractivity contribution in [3.63, 3.8) is 0 Å². The van der Waals surface area contributed by atoms with Gasteiger partial charge in [0.25, 0.3) is 0 Å². The lowest BCUT2D eigenvalue weighted by atomic mass is 10.1. The highest BCUT2D eigenvalue weighted by molar-refractivity contribution is 5.92.